The number of rotatable bonds is 4. The summed E-state index contributed by atoms with van der Waals surface area (Å²) >= 11 is 0. The molecule has 4 rings (SSSR count). The van der Waals surface area contributed by atoms with E-state index in [1.807, 2.05) is 12.1 Å². The zero-order chi connectivity index (χ0) is 20.4. The van der Waals surface area contributed by atoms with Crippen molar-refractivity contribution in [2.75, 3.05) is 11.1 Å². The molecule has 28 heavy (non-hydrogen) atoms. The van der Waals surface area contributed by atoms with Gasteiger partial charge in [0.05, 0.1) is 5.69 Å². The van der Waals surface area contributed by atoms with E-state index in [-0.39, 0.29) is 6.41 Å². The normalized spacial score (nSPS) is 11.3. The minimum absolute atomic E-state index is 0.250. The molecule has 1 saturated carbocycles. The van der Waals surface area contributed by atoms with Gasteiger partial charge in [0, 0.05) is 29.5 Å². The molecule has 3 heterocycles. The van der Waals surface area contributed by atoms with E-state index in [1.54, 1.807) is 24.7 Å². The van der Waals surface area contributed by atoms with Crippen LogP contribution < -0.4 is 16.8 Å². The topological polar surface area (TPSA) is 137 Å². The summed E-state index contributed by atoms with van der Waals surface area (Å²) in [6.07, 6.45) is 11.4. The lowest BCUT2D eigenvalue weighted by atomic mass is 10.0. The Labute approximate surface area is 163 Å². The van der Waals surface area contributed by atoms with E-state index in [0.717, 1.165) is 34.0 Å². The van der Waals surface area contributed by atoms with E-state index in [2.05, 4.69) is 32.9 Å². The van der Waals surface area contributed by atoms with Crippen molar-refractivity contribution >= 4 is 35.2 Å². The molecule has 8 nitrogen and oxygen atoms in total. The molecule has 0 aromatic carbocycles. The van der Waals surface area contributed by atoms with Gasteiger partial charge in [0.25, 0.3) is 0 Å². The third-order valence-corrected chi connectivity index (χ3v) is 3.87. The van der Waals surface area contributed by atoms with Gasteiger partial charge in [0.1, 0.15) is 11.6 Å². The molecule has 5 N–H and O–H groups in total. The molecule has 2 amide bonds. The van der Waals surface area contributed by atoms with Crippen LogP contribution in [0.25, 0.3) is 22.0 Å². The molecule has 1 aliphatic rings. The van der Waals surface area contributed by atoms with Crippen molar-refractivity contribution in [3.05, 3.63) is 42.4 Å². The van der Waals surface area contributed by atoms with E-state index in [1.165, 1.54) is 19.3 Å². The van der Waals surface area contributed by atoms with Gasteiger partial charge in [-0.15, -0.1) is 0 Å². The predicted molar refractivity (Wildman–Crippen MR) is 110 cm³/mol. The second kappa shape index (κ2) is 10.6. The van der Waals surface area contributed by atoms with E-state index in [0.29, 0.717) is 18.0 Å². The molecule has 3 aromatic heterocycles. The Hall–Kier alpha value is -3.55. The number of anilines is 2. The van der Waals surface area contributed by atoms with Crippen LogP contribution in [0.2, 0.25) is 0 Å². The van der Waals surface area contributed by atoms with E-state index < -0.39 is 0 Å². The second-order valence-electron chi connectivity index (χ2n) is 6.03. The minimum atomic E-state index is 0.250. The Morgan fingerprint density at radius 2 is 1.89 bits per heavy atom. The molecule has 1 fully saturated rings. The molecule has 8 heteroatoms. The number of nitrogens with two attached hydrogens (primary N) is 2. The average Bonchev–Trinajstić information content (AvgIpc) is 3.58. The van der Waals surface area contributed by atoms with Gasteiger partial charge in [0.2, 0.25) is 12.8 Å². The van der Waals surface area contributed by atoms with Crippen molar-refractivity contribution in [2.45, 2.75) is 32.6 Å². The third kappa shape index (κ3) is 5.73. The lowest BCUT2D eigenvalue weighted by Crippen LogP contribution is -2.00. The van der Waals surface area contributed by atoms with Gasteiger partial charge >= 0.3 is 0 Å². The fraction of sp³-hybridized carbons (Fsp3) is 0.250. The first-order chi connectivity index (χ1) is 13.6. The quantitative estimate of drug-likeness (QED) is 0.595. The zero-order valence-electron chi connectivity index (χ0n) is 15.8. The minimum Gasteiger partial charge on any atom is -0.383 e. The van der Waals surface area contributed by atoms with Crippen LogP contribution in [-0.2, 0) is 16.0 Å². The van der Waals surface area contributed by atoms with E-state index in [4.69, 9.17) is 10.5 Å². The fourth-order valence-corrected chi connectivity index (χ4v) is 2.41. The van der Waals surface area contributed by atoms with E-state index in [9.17, 15) is 4.79 Å². The largest absolute Gasteiger partial charge is 0.383 e. The number of hydrogen-bond acceptors (Lipinski definition) is 6. The molecule has 1 aliphatic carbocycles. The Morgan fingerprint density at radius 1 is 1.18 bits per heavy atom. The van der Waals surface area contributed by atoms with Gasteiger partial charge in [-0.1, -0.05) is 26.2 Å². The van der Waals surface area contributed by atoms with Crippen molar-refractivity contribution in [3.8, 4) is 11.3 Å². The molecule has 0 bridgehead atoms. The van der Waals surface area contributed by atoms with Crippen molar-refractivity contribution in [3.63, 3.8) is 0 Å². The number of nitrogen functional groups attached to an aromatic ring is 1. The molecule has 0 aliphatic heterocycles. The summed E-state index contributed by atoms with van der Waals surface area (Å²) in [5.41, 5.74) is 13.1. The summed E-state index contributed by atoms with van der Waals surface area (Å²) in [4.78, 5) is 31.9. The molecular weight excluding hydrogens is 356 g/mol. The highest BCUT2D eigenvalue weighted by molar-refractivity contribution is 5.95. The van der Waals surface area contributed by atoms with Crippen LogP contribution in [0.15, 0.2) is 36.8 Å². The highest BCUT2D eigenvalue weighted by Gasteiger charge is 2.10. The highest BCUT2D eigenvalue weighted by Crippen LogP contribution is 2.28. The Kier molecular flexibility index (Phi) is 7.83. The van der Waals surface area contributed by atoms with Crippen LogP contribution in [0.3, 0.4) is 0 Å². The van der Waals surface area contributed by atoms with Crippen LogP contribution in [0, 0.1) is 0 Å². The van der Waals surface area contributed by atoms with Crippen molar-refractivity contribution in [2.24, 2.45) is 5.73 Å². The number of carbonyl (C=O) groups is 2. The van der Waals surface area contributed by atoms with Gasteiger partial charge < -0.3 is 16.8 Å². The summed E-state index contributed by atoms with van der Waals surface area (Å²) in [7, 11) is 0. The summed E-state index contributed by atoms with van der Waals surface area (Å²) in [5.74, 6) is 0.879. The fourth-order valence-electron chi connectivity index (χ4n) is 2.41. The summed E-state index contributed by atoms with van der Waals surface area (Å²) in [6, 6.07) is 5.68. The zero-order valence-corrected chi connectivity index (χ0v) is 15.8. The van der Waals surface area contributed by atoms with Crippen molar-refractivity contribution in [1.29, 1.82) is 0 Å². The first kappa shape index (κ1) is 20.8. The van der Waals surface area contributed by atoms with Gasteiger partial charge in [-0.2, -0.15) is 0 Å². The maximum atomic E-state index is 10.6. The van der Waals surface area contributed by atoms with Gasteiger partial charge in [-0.05, 0) is 35.6 Å². The number of primary amides is 1. The number of nitrogens with one attached hydrogen (secondary N) is 1. The van der Waals surface area contributed by atoms with Crippen molar-refractivity contribution in [1.82, 2.24) is 15.0 Å². The standard InChI is InChI=1S/C16H15N5O.C3H6.CH3NO/c1-2-10-3-4-18-7-12(10)14-5-11-6-15(20-9-22)19-8-13(11)16(17)21-14;1-2-3-1;2-1-3/h3-9H,2H2,1H3,(H2,17,21)(H,19,20,22);1-3H2;1H,(H2,2,3). The summed E-state index contributed by atoms with van der Waals surface area (Å²) < 4.78 is 0. The predicted octanol–water partition coefficient (Wildman–Crippen LogP) is 2.68. The number of nitrogens with zero attached hydrogens (tertiary/aromatic N) is 3. The van der Waals surface area contributed by atoms with Gasteiger partial charge in [0.15, 0.2) is 0 Å². The Balaban J connectivity index is 0.000000406. The molecule has 3 aromatic rings. The maximum Gasteiger partial charge on any atom is 0.212 e. The molecule has 0 unspecified atom stereocenters. The lowest BCUT2D eigenvalue weighted by Gasteiger charge is -2.10. The van der Waals surface area contributed by atoms with Crippen LogP contribution in [0.4, 0.5) is 11.6 Å². The highest BCUT2D eigenvalue weighted by atomic mass is 16.1. The number of amides is 2. The third-order valence-electron chi connectivity index (χ3n) is 3.87. The lowest BCUT2D eigenvalue weighted by molar-refractivity contribution is -0.107. The molecule has 0 atom stereocenters. The monoisotopic (exact) mass is 380 g/mol. The summed E-state index contributed by atoms with van der Waals surface area (Å²) in [5, 5.41) is 4.16. The van der Waals surface area contributed by atoms with E-state index >= 15 is 0 Å². The number of hydrogen-bond donors (Lipinski definition) is 3. The Morgan fingerprint density at radius 3 is 2.50 bits per heavy atom. The molecule has 146 valence electrons. The number of aromatic nitrogens is 3. The maximum absolute atomic E-state index is 10.6. The van der Waals surface area contributed by atoms with Crippen LogP contribution in [0.1, 0.15) is 31.7 Å². The number of carbonyl (C=O) groups excluding carboxylic acids is 2. The first-order valence-corrected chi connectivity index (χ1v) is 8.99. The van der Waals surface area contributed by atoms with Crippen LogP contribution in [-0.4, -0.2) is 27.8 Å². The number of aryl methyl sites for hydroxylation is 1. The summed E-state index contributed by atoms with van der Waals surface area (Å²) in [6.45, 7) is 2.08. The van der Waals surface area contributed by atoms with Crippen LogP contribution >= 0.6 is 0 Å². The van der Waals surface area contributed by atoms with Gasteiger partial charge in [-0.3, -0.25) is 14.6 Å². The van der Waals surface area contributed by atoms with Crippen molar-refractivity contribution < 1.29 is 9.59 Å². The smallest absolute Gasteiger partial charge is 0.212 e. The van der Waals surface area contributed by atoms with Gasteiger partial charge in [-0.25, -0.2) is 9.97 Å². The second-order valence-corrected chi connectivity index (χ2v) is 6.03. The molecule has 0 radical (unpaired) electrons. The molecule has 0 saturated heterocycles. The average molecular weight is 380 g/mol. The molecule has 0 spiro atoms. The molecular formula is C20H24N6O2. The number of pyridine rings is 3. The number of fused-ring (bicyclic) bond motifs is 1. The van der Waals surface area contributed by atoms with Crippen LogP contribution in [0.5, 0.6) is 0 Å². The SMILES string of the molecule is C1CC1.CCc1ccncc1-c1cc2cc(NC=O)ncc2c(N)n1.NC=O. The Bertz CT molecular complexity index is 940. The first-order valence-electron chi connectivity index (χ1n) is 8.99.